The molecule has 5 rings (SSSR count). The molecule has 2 aliphatic heterocycles. The molecule has 1 N–H and O–H groups in total. The number of carbonyl (C=O) groups excluding carboxylic acids is 3. The van der Waals surface area contributed by atoms with Gasteiger partial charge in [-0.3, -0.25) is 24.3 Å². The summed E-state index contributed by atoms with van der Waals surface area (Å²) in [4.78, 5) is 48.0. The van der Waals surface area contributed by atoms with Crippen molar-refractivity contribution in [3.8, 4) is 0 Å². The molecule has 2 aromatic carbocycles. The second-order valence-corrected chi connectivity index (χ2v) is 10.2. The van der Waals surface area contributed by atoms with Crippen LogP contribution >= 0.6 is 0 Å². The first-order chi connectivity index (χ1) is 18.9. The van der Waals surface area contributed by atoms with E-state index < -0.39 is 11.8 Å². The van der Waals surface area contributed by atoms with E-state index in [0.29, 0.717) is 43.6 Å². The van der Waals surface area contributed by atoms with Gasteiger partial charge < -0.3 is 15.0 Å². The smallest absolute Gasteiger partial charge is 0.256 e. The van der Waals surface area contributed by atoms with E-state index in [9.17, 15) is 14.4 Å². The van der Waals surface area contributed by atoms with Crippen LogP contribution in [0.2, 0.25) is 0 Å². The second kappa shape index (κ2) is 11.4. The Morgan fingerprint density at radius 1 is 0.949 bits per heavy atom. The fourth-order valence-electron chi connectivity index (χ4n) is 5.42. The number of piperidine rings is 1. The number of aromatic nitrogens is 1. The molecule has 0 saturated carbocycles. The Morgan fingerprint density at radius 3 is 2.33 bits per heavy atom. The minimum absolute atomic E-state index is 0.0336. The standard InChI is InChI=1S/C31H34N4O4/c1-3-23-7-9-25(10-8-23)29(37)34-17-13-31(14-18-34)35(30(38)26-6-4-5-22(2)19-26)27(21-39-31)28(36)33-20-24-11-15-32-16-12-24/h4-12,15-16,19,27H,3,13-14,17-18,20-21H2,1-2H3,(H,33,36). The Balaban J connectivity index is 1.35. The van der Waals surface area contributed by atoms with Crippen LogP contribution in [0.15, 0.2) is 73.1 Å². The molecule has 39 heavy (non-hydrogen) atoms. The number of hydrogen-bond donors (Lipinski definition) is 1. The molecule has 8 nitrogen and oxygen atoms in total. The van der Waals surface area contributed by atoms with Crippen molar-refractivity contribution in [2.24, 2.45) is 0 Å². The fraction of sp³-hybridized carbons (Fsp3) is 0.355. The number of carbonyl (C=O) groups is 3. The minimum atomic E-state index is -0.956. The number of amides is 3. The molecule has 202 valence electrons. The van der Waals surface area contributed by atoms with Gasteiger partial charge in [-0.15, -0.1) is 0 Å². The summed E-state index contributed by atoms with van der Waals surface area (Å²) in [5.74, 6) is -0.539. The first-order valence-corrected chi connectivity index (χ1v) is 13.5. The van der Waals surface area contributed by atoms with Gasteiger partial charge in [0.05, 0.1) is 6.61 Å². The molecule has 2 saturated heterocycles. The Kier molecular flexibility index (Phi) is 7.74. The fourth-order valence-corrected chi connectivity index (χ4v) is 5.42. The lowest BCUT2D eigenvalue weighted by atomic mass is 9.95. The molecule has 1 aromatic heterocycles. The van der Waals surface area contributed by atoms with E-state index >= 15 is 0 Å². The van der Waals surface area contributed by atoms with E-state index in [2.05, 4.69) is 17.2 Å². The normalized spacial score (nSPS) is 18.3. The Bertz CT molecular complexity index is 1330. The van der Waals surface area contributed by atoms with Crippen LogP contribution in [0.1, 0.15) is 57.2 Å². The summed E-state index contributed by atoms with van der Waals surface area (Å²) in [5.41, 5.74) is 3.27. The van der Waals surface area contributed by atoms with E-state index in [-0.39, 0.29) is 24.3 Å². The quantitative estimate of drug-likeness (QED) is 0.528. The van der Waals surface area contributed by atoms with Gasteiger partial charge in [0.25, 0.3) is 11.8 Å². The maximum absolute atomic E-state index is 13.9. The zero-order valence-corrected chi connectivity index (χ0v) is 22.4. The van der Waals surface area contributed by atoms with Gasteiger partial charge in [0.1, 0.15) is 11.8 Å². The number of benzene rings is 2. The molecule has 3 aromatic rings. The highest BCUT2D eigenvalue weighted by molar-refractivity contribution is 5.99. The van der Waals surface area contributed by atoms with Crippen molar-refractivity contribution >= 4 is 17.7 Å². The molecule has 2 fully saturated rings. The topological polar surface area (TPSA) is 91.8 Å². The van der Waals surface area contributed by atoms with E-state index in [1.165, 1.54) is 5.56 Å². The van der Waals surface area contributed by atoms with Crippen molar-refractivity contribution in [2.45, 2.75) is 51.4 Å². The largest absolute Gasteiger partial charge is 0.353 e. The highest BCUT2D eigenvalue weighted by Gasteiger charge is 2.54. The van der Waals surface area contributed by atoms with Crippen LogP contribution in [0.3, 0.4) is 0 Å². The van der Waals surface area contributed by atoms with Crippen LogP contribution in [0.5, 0.6) is 0 Å². The molecule has 1 atom stereocenters. The highest BCUT2D eigenvalue weighted by Crippen LogP contribution is 2.39. The lowest BCUT2D eigenvalue weighted by Gasteiger charge is -2.44. The first-order valence-electron chi connectivity index (χ1n) is 13.5. The Morgan fingerprint density at radius 2 is 1.67 bits per heavy atom. The number of nitrogens with zero attached hydrogens (tertiary/aromatic N) is 3. The average molecular weight is 527 g/mol. The van der Waals surface area contributed by atoms with Crippen LogP contribution in [-0.2, 0) is 22.5 Å². The zero-order chi connectivity index (χ0) is 27.4. The van der Waals surface area contributed by atoms with Crippen LogP contribution in [-0.4, -0.2) is 64.0 Å². The maximum atomic E-state index is 13.9. The Labute approximate surface area is 229 Å². The number of ether oxygens (including phenoxy) is 1. The van der Waals surface area contributed by atoms with Gasteiger partial charge in [0, 0.05) is 56.0 Å². The Hall–Kier alpha value is -4.04. The minimum Gasteiger partial charge on any atom is -0.353 e. The molecule has 0 aliphatic carbocycles. The molecule has 1 unspecified atom stereocenters. The summed E-state index contributed by atoms with van der Waals surface area (Å²) < 4.78 is 6.31. The summed E-state index contributed by atoms with van der Waals surface area (Å²) in [6.07, 6.45) is 5.13. The molecule has 0 radical (unpaired) electrons. The number of nitrogens with one attached hydrogen (secondary N) is 1. The summed E-state index contributed by atoms with van der Waals surface area (Å²) in [7, 11) is 0. The summed E-state index contributed by atoms with van der Waals surface area (Å²) in [6.45, 7) is 5.30. The van der Waals surface area contributed by atoms with Gasteiger partial charge in [-0.25, -0.2) is 0 Å². The summed E-state index contributed by atoms with van der Waals surface area (Å²) >= 11 is 0. The number of likely N-dealkylation sites (tertiary alicyclic amines) is 1. The van der Waals surface area contributed by atoms with Crippen molar-refractivity contribution in [3.05, 3.63) is 101 Å². The van der Waals surface area contributed by atoms with E-state index in [0.717, 1.165) is 17.5 Å². The van der Waals surface area contributed by atoms with Crippen molar-refractivity contribution in [1.29, 1.82) is 0 Å². The van der Waals surface area contributed by atoms with Crippen molar-refractivity contribution in [1.82, 2.24) is 20.1 Å². The molecular weight excluding hydrogens is 492 g/mol. The number of hydrogen-bond acceptors (Lipinski definition) is 5. The molecule has 1 spiro atoms. The van der Waals surface area contributed by atoms with E-state index in [1.54, 1.807) is 23.4 Å². The number of aryl methyl sites for hydroxylation is 2. The van der Waals surface area contributed by atoms with Crippen molar-refractivity contribution < 1.29 is 19.1 Å². The predicted molar refractivity (Wildman–Crippen MR) is 147 cm³/mol. The third-order valence-corrected chi connectivity index (χ3v) is 7.70. The van der Waals surface area contributed by atoms with Gasteiger partial charge in [-0.2, -0.15) is 0 Å². The molecular formula is C31H34N4O4. The van der Waals surface area contributed by atoms with Gasteiger partial charge in [0.2, 0.25) is 5.91 Å². The summed E-state index contributed by atoms with van der Waals surface area (Å²) in [6, 6.07) is 18.0. The molecule has 3 heterocycles. The van der Waals surface area contributed by atoms with Gasteiger partial charge in [0.15, 0.2) is 0 Å². The van der Waals surface area contributed by atoms with Crippen LogP contribution < -0.4 is 5.32 Å². The van der Waals surface area contributed by atoms with Gasteiger partial charge in [-0.1, -0.05) is 36.8 Å². The van der Waals surface area contributed by atoms with Crippen molar-refractivity contribution in [3.63, 3.8) is 0 Å². The van der Waals surface area contributed by atoms with Crippen molar-refractivity contribution in [2.75, 3.05) is 19.7 Å². The molecule has 8 heteroatoms. The average Bonchev–Trinajstić information content (AvgIpc) is 3.34. The molecule has 3 amide bonds. The lowest BCUT2D eigenvalue weighted by Crippen LogP contribution is -2.59. The molecule has 2 aliphatic rings. The SMILES string of the molecule is CCc1ccc(C(=O)N2CCC3(CC2)OCC(C(=O)NCc2ccncc2)N3C(=O)c2cccc(C)c2)cc1. The number of rotatable bonds is 6. The third-order valence-electron chi connectivity index (χ3n) is 7.70. The predicted octanol–water partition coefficient (Wildman–Crippen LogP) is 3.74. The first kappa shape index (κ1) is 26.6. The third kappa shape index (κ3) is 5.56. The van der Waals surface area contributed by atoms with E-state index in [1.807, 2.05) is 66.4 Å². The zero-order valence-electron chi connectivity index (χ0n) is 22.4. The lowest BCUT2D eigenvalue weighted by molar-refractivity contribution is -0.128. The van der Waals surface area contributed by atoms with E-state index in [4.69, 9.17) is 4.74 Å². The van der Waals surface area contributed by atoms with Gasteiger partial charge >= 0.3 is 0 Å². The highest BCUT2D eigenvalue weighted by atomic mass is 16.5. The second-order valence-electron chi connectivity index (χ2n) is 10.2. The van der Waals surface area contributed by atoms with Gasteiger partial charge in [-0.05, 0) is 60.9 Å². The van der Waals surface area contributed by atoms with Crippen LogP contribution in [0, 0.1) is 6.92 Å². The monoisotopic (exact) mass is 526 g/mol. The molecule has 0 bridgehead atoms. The number of pyridine rings is 1. The van der Waals surface area contributed by atoms with Crippen LogP contribution in [0.25, 0.3) is 0 Å². The maximum Gasteiger partial charge on any atom is 0.256 e. The summed E-state index contributed by atoms with van der Waals surface area (Å²) in [5, 5.41) is 2.96. The van der Waals surface area contributed by atoms with Crippen LogP contribution in [0.4, 0.5) is 0 Å².